The molecule has 0 bridgehead atoms. The maximum absolute atomic E-state index is 15.0. The molecule has 6 rings (SSSR count). The number of thiophene rings is 2. The van der Waals surface area contributed by atoms with Crippen molar-refractivity contribution in [2.45, 2.75) is 105 Å². The maximum Gasteiger partial charge on any atom is 0.150 e. The number of rotatable bonds is 20. The van der Waals surface area contributed by atoms with Crippen LogP contribution in [0.2, 0.25) is 0 Å². The molecule has 3 heterocycles. The van der Waals surface area contributed by atoms with Gasteiger partial charge in [-0.25, -0.2) is 4.39 Å². The highest BCUT2D eigenvalue weighted by Gasteiger charge is 2.17. The molecule has 0 fully saturated rings. The Kier molecular flexibility index (Phi) is 14.8. The van der Waals surface area contributed by atoms with E-state index in [0.29, 0.717) is 10.9 Å². The van der Waals surface area contributed by atoms with Gasteiger partial charge in [-0.1, -0.05) is 109 Å². The van der Waals surface area contributed by atoms with Gasteiger partial charge in [0.05, 0.1) is 17.4 Å². The molecule has 0 saturated carbocycles. The molecule has 54 heavy (non-hydrogen) atoms. The van der Waals surface area contributed by atoms with E-state index in [9.17, 15) is 4.39 Å². The molecule has 0 saturated heterocycles. The van der Waals surface area contributed by atoms with E-state index in [1.165, 1.54) is 86.4 Å². The highest BCUT2D eigenvalue weighted by Crippen LogP contribution is 2.42. The van der Waals surface area contributed by atoms with Gasteiger partial charge >= 0.3 is 0 Å². The van der Waals surface area contributed by atoms with Gasteiger partial charge in [0.1, 0.15) is 26.7 Å². The fourth-order valence-electron chi connectivity index (χ4n) is 6.88. The van der Waals surface area contributed by atoms with Crippen LogP contribution in [0.4, 0.5) is 25.8 Å². The minimum absolute atomic E-state index is 0.253. The molecule has 0 spiro atoms. The number of halogens is 1. The zero-order valence-electron chi connectivity index (χ0n) is 31.9. The third kappa shape index (κ3) is 10.6. The number of aryl methyl sites for hydroxylation is 2. The fourth-order valence-corrected chi connectivity index (χ4v) is 9.16. The summed E-state index contributed by atoms with van der Waals surface area (Å²) in [6.45, 7) is 9.06. The number of nitrogens with zero attached hydrogens (tertiary/aromatic N) is 6. The zero-order valence-corrected chi connectivity index (χ0v) is 34.4. The fraction of sp³-hybridized carbons (Fsp3) is 0.409. The molecule has 6 aromatic rings. The molecule has 0 aliphatic rings. The van der Waals surface area contributed by atoms with Gasteiger partial charge in [0, 0.05) is 20.9 Å². The van der Waals surface area contributed by atoms with Crippen molar-refractivity contribution in [3.8, 4) is 20.9 Å². The Balaban J connectivity index is 1.08. The molecule has 0 aliphatic heterocycles. The highest BCUT2D eigenvalue weighted by molar-refractivity contribution is 7.19. The summed E-state index contributed by atoms with van der Waals surface area (Å²) in [5.41, 5.74) is 7.19. The lowest BCUT2D eigenvalue weighted by Crippen LogP contribution is -2.01. The van der Waals surface area contributed by atoms with Crippen LogP contribution in [0.15, 0.2) is 99.3 Å². The summed E-state index contributed by atoms with van der Waals surface area (Å²) in [6, 6.07) is 26.0. The van der Waals surface area contributed by atoms with E-state index in [2.05, 4.69) is 99.4 Å². The minimum atomic E-state index is -0.332. The van der Waals surface area contributed by atoms with E-state index in [0.717, 1.165) is 73.3 Å². The van der Waals surface area contributed by atoms with E-state index in [1.54, 1.807) is 23.5 Å². The third-order valence-corrected chi connectivity index (χ3v) is 12.9. The lowest BCUT2D eigenvalue weighted by Gasteiger charge is -2.14. The molecule has 0 aliphatic carbocycles. The van der Waals surface area contributed by atoms with E-state index in [1.807, 2.05) is 24.3 Å². The quantitative estimate of drug-likeness (QED) is 0.0724. The van der Waals surface area contributed by atoms with E-state index in [4.69, 9.17) is 0 Å². The number of aromatic nitrogens is 2. The first kappa shape index (κ1) is 39.7. The third-order valence-electron chi connectivity index (χ3n) is 10.4. The van der Waals surface area contributed by atoms with E-state index in [-0.39, 0.29) is 11.5 Å². The Morgan fingerprint density at radius 3 is 1.65 bits per heavy atom. The zero-order chi connectivity index (χ0) is 37.7. The summed E-state index contributed by atoms with van der Waals surface area (Å²) in [5, 5.41) is 19.3. The molecular weight excluding hydrogens is 728 g/mol. The number of fused-ring (bicyclic) bond motifs is 1. The molecular formula is C44H51FN6S3. The van der Waals surface area contributed by atoms with Crippen molar-refractivity contribution < 1.29 is 4.39 Å². The second-order valence-corrected chi connectivity index (χ2v) is 16.8. The van der Waals surface area contributed by atoms with Crippen LogP contribution in [0.3, 0.4) is 0 Å². The average Bonchev–Trinajstić information content (AvgIpc) is 3.99. The van der Waals surface area contributed by atoms with E-state index < -0.39 is 0 Å². The first-order valence-electron chi connectivity index (χ1n) is 19.6. The Labute approximate surface area is 332 Å². The minimum Gasteiger partial charge on any atom is -0.205 e. The Morgan fingerprint density at radius 2 is 1.11 bits per heavy atom. The predicted molar refractivity (Wildman–Crippen MR) is 228 cm³/mol. The topological polar surface area (TPSA) is 75.2 Å². The van der Waals surface area contributed by atoms with E-state index >= 15 is 0 Å². The SMILES string of the molecule is CCCCC(CC)CCc1ccc(/N=N/c2ccc(-c3ccc(-c4ccc(/N=N/c5ccc(CCC(CC)CCCC)cc5F)s4)c4nsnc34)s2)cc1. The molecule has 2 atom stereocenters. The Bertz CT molecular complexity index is 2130. The number of benzene rings is 3. The Hall–Kier alpha value is -3.99. The van der Waals surface area contributed by atoms with Crippen LogP contribution in [-0.4, -0.2) is 8.75 Å². The van der Waals surface area contributed by atoms with Gasteiger partial charge in [-0.2, -0.15) is 8.75 Å². The molecule has 0 radical (unpaired) electrons. The van der Waals surface area contributed by atoms with Crippen molar-refractivity contribution in [2.75, 3.05) is 0 Å². The molecule has 0 N–H and O–H groups in total. The van der Waals surface area contributed by atoms with Crippen molar-refractivity contribution in [3.63, 3.8) is 0 Å². The van der Waals surface area contributed by atoms with Crippen molar-refractivity contribution in [3.05, 3.63) is 95.8 Å². The van der Waals surface area contributed by atoms with Gasteiger partial charge in [0.15, 0.2) is 5.82 Å². The van der Waals surface area contributed by atoms with Crippen LogP contribution in [0, 0.1) is 17.7 Å². The molecule has 282 valence electrons. The van der Waals surface area contributed by atoms with Gasteiger partial charge in [-0.15, -0.1) is 43.1 Å². The smallest absolute Gasteiger partial charge is 0.150 e. The number of hydrogen-bond acceptors (Lipinski definition) is 9. The van der Waals surface area contributed by atoms with Crippen LogP contribution in [-0.2, 0) is 12.8 Å². The summed E-state index contributed by atoms with van der Waals surface area (Å²) in [5.74, 6) is 1.18. The van der Waals surface area contributed by atoms with Crippen LogP contribution in [0.5, 0.6) is 0 Å². The van der Waals surface area contributed by atoms with Gasteiger partial charge in [-0.3, -0.25) is 0 Å². The Morgan fingerprint density at radius 1 is 0.574 bits per heavy atom. The number of unbranched alkanes of at least 4 members (excludes halogenated alkanes) is 2. The largest absolute Gasteiger partial charge is 0.205 e. The van der Waals surface area contributed by atoms with Crippen molar-refractivity contribution in [1.29, 1.82) is 0 Å². The van der Waals surface area contributed by atoms with Gasteiger partial charge in [0.25, 0.3) is 0 Å². The van der Waals surface area contributed by atoms with Crippen LogP contribution < -0.4 is 0 Å². The monoisotopic (exact) mass is 778 g/mol. The molecule has 3 aromatic carbocycles. The summed E-state index contributed by atoms with van der Waals surface area (Å²) in [4.78, 5) is 2.07. The molecule has 2 unspecified atom stereocenters. The first-order chi connectivity index (χ1) is 26.5. The van der Waals surface area contributed by atoms with Crippen molar-refractivity contribution >= 4 is 66.8 Å². The molecule has 6 nitrogen and oxygen atoms in total. The second-order valence-electron chi connectivity index (χ2n) is 14.2. The van der Waals surface area contributed by atoms with Crippen molar-refractivity contribution in [2.24, 2.45) is 32.3 Å². The normalized spacial score (nSPS) is 13.1. The maximum atomic E-state index is 15.0. The summed E-state index contributed by atoms with van der Waals surface area (Å²) in [7, 11) is 0. The average molecular weight is 779 g/mol. The van der Waals surface area contributed by atoms with Crippen LogP contribution in [0.25, 0.3) is 31.9 Å². The van der Waals surface area contributed by atoms with Gasteiger partial charge in [0.2, 0.25) is 0 Å². The molecule has 0 amide bonds. The van der Waals surface area contributed by atoms with Crippen molar-refractivity contribution in [1.82, 2.24) is 8.75 Å². The predicted octanol–water partition coefficient (Wildman–Crippen LogP) is 16.4. The van der Waals surface area contributed by atoms with Crippen LogP contribution >= 0.6 is 34.4 Å². The standard InChI is InChI=1S/C44H51FN6S3/c1-5-9-11-30(7-3)13-15-32-17-20-34(21-18-32)46-48-41-27-25-39(52-41)35-22-23-36(44-43(35)50-54-51-44)40-26-28-42(53-40)49-47-38-24-19-33(29-37(38)45)16-14-31(8-4)12-10-6-2/h17-31H,5-16H2,1-4H3/b48-46+,49-47+. The number of azo groups is 2. The lowest BCUT2D eigenvalue weighted by atomic mass is 9.92. The summed E-state index contributed by atoms with van der Waals surface area (Å²) < 4.78 is 24.3. The summed E-state index contributed by atoms with van der Waals surface area (Å²) >= 11 is 4.29. The van der Waals surface area contributed by atoms with Gasteiger partial charge in [-0.05, 0) is 97.2 Å². The first-order valence-corrected chi connectivity index (χ1v) is 22.0. The van der Waals surface area contributed by atoms with Gasteiger partial charge < -0.3 is 0 Å². The molecule has 3 aromatic heterocycles. The van der Waals surface area contributed by atoms with Crippen LogP contribution in [0.1, 0.15) is 103 Å². The highest BCUT2D eigenvalue weighted by atomic mass is 32.1. The lowest BCUT2D eigenvalue weighted by molar-refractivity contribution is 0.421. The number of hydrogen-bond donors (Lipinski definition) is 0. The summed E-state index contributed by atoms with van der Waals surface area (Å²) in [6.07, 6.45) is 14.4. The molecule has 10 heteroatoms. The second kappa shape index (κ2) is 20.1.